The molecule has 0 N–H and O–H groups in total. The Morgan fingerprint density at radius 3 is 2.54 bits per heavy atom. The molecule has 6 nitrogen and oxygen atoms in total. The van der Waals surface area contributed by atoms with E-state index >= 15 is 0 Å². The molecule has 2 aromatic heterocycles. The van der Waals surface area contributed by atoms with Gasteiger partial charge in [0.1, 0.15) is 11.5 Å². The molecule has 0 atom stereocenters. The van der Waals surface area contributed by atoms with E-state index in [1.165, 1.54) is 12.1 Å². The Balaban J connectivity index is 1.27. The molecule has 0 fully saturated rings. The summed E-state index contributed by atoms with van der Waals surface area (Å²) in [5, 5.41) is 4.23. The molecule has 1 aliphatic heterocycles. The number of aryl methyl sites for hydroxylation is 1. The van der Waals surface area contributed by atoms with Crippen molar-refractivity contribution < 1.29 is 22.3 Å². The summed E-state index contributed by atoms with van der Waals surface area (Å²) in [7, 11) is 0. The minimum absolute atomic E-state index is 0.171. The van der Waals surface area contributed by atoms with Crippen LogP contribution in [0.5, 0.6) is 5.75 Å². The van der Waals surface area contributed by atoms with Crippen molar-refractivity contribution in [1.29, 1.82) is 0 Å². The second-order valence-corrected chi connectivity index (χ2v) is 8.28. The van der Waals surface area contributed by atoms with E-state index in [9.17, 15) is 13.2 Å². The third-order valence-corrected chi connectivity index (χ3v) is 5.90. The predicted octanol–water partition coefficient (Wildman–Crippen LogP) is 6.02. The molecule has 35 heavy (non-hydrogen) atoms. The van der Waals surface area contributed by atoms with Crippen LogP contribution in [-0.2, 0) is 6.54 Å². The molecule has 0 spiro atoms. The van der Waals surface area contributed by atoms with Gasteiger partial charge in [-0.25, -0.2) is 9.67 Å². The van der Waals surface area contributed by atoms with E-state index in [2.05, 4.69) is 14.7 Å². The van der Waals surface area contributed by atoms with Crippen molar-refractivity contribution >= 4 is 5.57 Å². The fourth-order valence-electron chi connectivity index (χ4n) is 4.13. The zero-order valence-electron chi connectivity index (χ0n) is 19.0. The summed E-state index contributed by atoms with van der Waals surface area (Å²) in [4.78, 5) is 6.89. The molecular weight excluding hydrogens is 457 g/mol. The Labute approximate surface area is 200 Å². The highest BCUT2D eigenvalue weighted by Crippen LogP contribution is 2.34. The van der Waals surface area contributed by atoms with Crippen LogP contribution in [0.4, 0.5) is 13.2 Å². The van der Waals surface area contributed by atoms with Gasteiger partial charge < -0.3 is 9.15 Å². The number of aromatic nitrogens is 3. The van der Waals surface area contributed by atoms with Crippen molar-refractivity contribution in [3.05, 3.63) is 90.1 Å². The minimum atomic E-state index is -4.72. The molecule has 180 valence electrons. The van der Waals surface area contributed by atoms with Gasteiger partial charge in [-0.15, -0.1) is 13.2 Å². The molecule has 0 radical (unpaired) electrons. The van der Waals surface area contributed by atoms with Gasteiger partial charge in [0.05, 0.1) is 11.4 Å². The van der Waals surface area contributed by atoms with Crippen LogP contribution in [-0.4, -0.2) is 39.1 Å². The van der Waals surface area contributed by atoms with Crippen molar-refractivity contribution in [3.8, 4) is 22.9 Å². The molecule has 4 aromatic rings. The maximum Gasteiger partial charge on any atom is 0.573 e. The number of halogens is 3. The number of benzene rings is 2. The van der Waals surface area contributed by atoms with E-state index in [1.807, 2.05) is 49.5 Å². The standard InChI is InChI=1S/C26H23F3N4O2/c1-18-23(31-25(34-18)20-7-9-21(10-8-20)33-14-4-13-30-33)17-32-15-11-19(12-16-32)22-5-2-3-6-24(22)35-26(27,28)29/h2-11,13-14H,12,15-17H2,1H3. The van der Waals surface area contributed by atoms with Crippen LogP contribution in [0.15, 0.2) is 77.5 Å². The molecule has 0 bridgehead atoms. The van der Waals surface area contributed by atoms with Crippen molar-refractivity contribution in [2.45, 2.75) is 26.3 Å². The monoisotopic (exact) mass is 480 g/mol. The van der Waals surface area contributed by atoms with Gasteiger partial charge in [0.15, 0.2) is 0 Å². The van der Waals surface area contributed by atoms with Gasteiger partial charge in [0.25, 0.3) is 0 Å². The number of para-hydroxylation sites is 1. The summed E-state index contributed by atoms with van der Waals surface area (Å²) in [6.45, 7) is 3.76. The first kappa shape index (κ1) is 22.9. The molecule has 9 heteroatoms. The van der Waals surface area contributed by atoms with E-state index in [-0.39, 0.29) is 5.75 Å². The van der Waals surface area contributed by atoms with E-state index in [0.717, 1.165) is 28.3 Å². The van der Waals surface area contributed by atoms with Crippen LogP contribution in [0.25, 0.3) is 22.7 Å². The predicted molar refractivity (Wildman–Crippen MR) is 125 cm³/mol. The first-order chi connectivity index (χ1) is 16.9. The van der Waals surface area contributed by atoms with Crippen LogP contribution < -0.4 is 4.74 Å². The molecule has 0 saturated heterocycles. The molecule has 5 rings (SSSR count). The van der Waals surface area contributed by atoms with Crippen LogP contribution in [0.2, 0.25) is 0 Å². The number of rotatable bonds is 6. The first-order valence-electron chi connectivity index (χ1n) is 11.2. The van der Waals surface area contributed by atoms with Gasteiger partial charge in [-0.3, -0.25) is 4.90 Å². The Hall–Kier alpha value is -3.85. The first-order valence-corrected chi connectivity index (χ1v) is 11.2. The summed E-state index contributed by atoms with van der Waals surface area (Å²) in [6.07, 6.45) is 1.44. The third-order valence-electron chi connectivity index (χ3n) is 5.90. The second-order valence-electron chi connectivity index (χ2n) is 8.28. The lowest BCUT2D eigenvalue weighted by molar-refractivity contribution is -0.274. The highest BCUT2D eigenvalue weighted by atomic mass is 19.4. The van der Waals surface area contributed by atoms with Gasteiger partial charge >= 0.3 is 6.36 Å². The fourth-order valence-corrected chi connectivity index (χ4v) is 4.13. The van der Waals surface area contributed by atoms with Gasteiger partial charge in [-0.2, -0.15) is 5.10 Å². The van der Waals surface area contributed by atoms with Crippen LogP contribution in [0.3, 0.4) is 0 Å². The zero-order valence-corrected chi connectivity index (χ0v) is 19.0. The lowest BCUT2D eigenvalue weighted by atomic mass is 9.98. The molecule has 0 aliphatic carbocycles. The Kier molecular flexibility index (Phi) is 6.17. The minimum Gasteiger partial charge on any atom is -0.441 e. The normalized spacial score (nSPS) is 14.7. The quantitative estimate of drug-likeness (QED) is 0.338. The van der Waals surface area contributed by atoms with Crippen LogP contribution in [0, 0.1) is 6.92 Å². The average Bonchev–Trinajstić information content (AvgIpc) is 3.50. The molecular formula is C26H23F3N4O2. The molecule has 2 aromatic carbocycles. The Morgan fingerprint density at radius 2 is 1.86 bits per heavy atom. The zero-order chi connectivity index (χ0) is 24.4. The van der Waals surface area contributed by atoms with Crippen molar-refractivity contribution in [1.82, 2.24) is 19.7 Å². The third kappa shape index (κ3) is 5.30. The molecule has 3 heterocycles. The van der Waals surface area contributed by atoms with Gasteiger partial charge in [-0.1, -0.05) is 24.3 Å². The SMILES string of the molecule is Cc1oc(-c2ccc(-n3cccn3)cc2)nc1CN1CC=C(c2ccccc2OC(F)(F)F)CC1. The topological polar surface area (TPSA) is 56.3 Å². The maximum atomic E-state index is 12.8. The lowest BCUT2D eigenvalue weighted by Crippen LogP contribution is -2.28. The van der Waals surface area contributed by atoms with Crippen LogP contribution >= 0.6 is 0 Å². The van der Waals surface area contributed by atoms with Crippen molar-refractivity contribution in [2.24, 2.45) is 0 Å². The highest BCUT2D eigenvalue weighted by Gasteiger charge is 2.32. The summed E-state index contributed by atoms with van der Waals surface area (Å²) < 4.78 is 50.2. The lowest BCUT2D eigenvalue weighted by Gasteiger charge is -2.26. The summed E-state index contributed by atoms with van der Waals surface area (Å²) in [5.74, 6) is 1.13. The van der Waals surface area contributed by atoms with Gasteiger partial charge in [0, 0.05) is 43.2 Å². The number of ether oxygens (including phenoxy) is 1. The van der Waals surface area contributed by atoms with E-state index < -0.39 is 6.36 Å². The smallest absolute Gasteiger partial charge is 0.441 e. The van der Waals surface area contributed by atoms with Crippen LogP contribution in [0.1, 0.15) is 23.4 Å². The summed E-state index contributed by atoms with van der Waals surface area (Å²) in [6, 6.07) is 15.9. The Bertz CT molecular complexity index is 1330. The largest absolute Gasteiger partial charge is 0.573 e. The van der Waals surface area contributed by atoms with Gasteiger partial charge in [0.2, 0.25) is 5.89 Å². The second kappa shape index (κ2) is 9.42. The molecule has 1 aliphatic rings. The molecule has 0 saturated carbocycles. The van der Waals surface area contributed by atoms with E-state index in [0.29, 0.717) is 37.5 Å². The highest BCUT2D eigenvalue weighted by molar-refractivity contribution is 5.71. The van der Waals surface area contributed by atoms with E-state index in [4.69, 9.17) is 9.40 Å². The summed E-state index contributed by atoms with van der Waals surface area (Å²) in [5.41, 5.74) is 3.98. The number of hydrogen-bond acceptors (Lipinski definition) is 5. The van der Waals surface area contributed by atoms with Crippen molar-refractivity contribution in [2.75, 3.05) is 13.1 Å². The average molecular weight is 480 g/mol. The number of nitrogens with zero attached hydrogens (tertiary/aromatic N) is 4. The molecule has 0 amide bonds. The number of alkyl halides is 3. The molecule has 0 unspecified atom stereocenters. The Morgan fingerprint density at radius 1 is 1.06 bits per heavy atom. The number of oxazole rings is 1. The van der Waals surface area contributed by atoms with Crippen molar-refractivity contribution in [3.63, 3.8) is 0 Å². The number of hydrogen-bond donors (Lipinski definition) is 0. The maximum absolute atomic E-state index is 12.8. The summed E-state index contributed by atoms with van der Waals surface area (Å²) >= 11 is 0. The fraction of sp³-hybridized carbons (Fsp3) is 0.231. The van der Waals surface area contributed by atoms with E-state index in [1.54, 1.807) is 23.0 Å². The van der Waals surface area contributed by atoms with Gasteiger partial charge in [-0.05, 0) is 55.3 Å².